The fraction of sp³-hybridized carbons (Fsp3) is 0.333. The molecular weight excluding hydrogens is 338 g/mol. The first-order valence-electron chi connectivity index (χ1n) is 6.57. The summed E-state index contributed by atoms with van der Waals surface area (Å²) < 4.78 is 0.849. The molecule has 2 aromatic rings. The Morgan fingerprint density at radius 1 is 1.25 bits per heavy atom. The second kappa shape index (κ2) is 6.55. The zero-order valence-corrected chi connectivity index (χ0v) is 14.1. The van der Waals surface area contributed by atoms with Gasteiger partial charge in [-0.2, -0.15) is 0 Å². The SMILES string of the molecule is CCCNc1nc(-c2ccc(Cl)c(Br)c2)nc(C)c1C. The second-order valence-electron chi connectivity index (χ2n) is 4.66. The highest BCUT2D eigenvalue weighted by atomic mass is 79.9. The summed E-state index contributed by atoms with van der Waals surface area (Å²) in [4.78, 5) is 9.19. The molecule has 0 aliphatic carbocycles. The Bertz CT molecular complexity index is 629. The van der Waals surface area contributed by atoms with Gasteiger partial charge in [-0.1, -0.05) is 18.5 Å². The standard InChI is InChI=1S/C15H17BrClN3/c1-4-7-18-14-9(2)10(3)19-15(20-14)11-5-6-13(17)12(16)8-11/h5-6,8H,4,7H2,1-3H3,(H,18,19,20). The van der Waals surface area contributed by atoms with E-state index in [1.165, 1.54) is 0 Å². The van der Waals surface area contributed by atoms with Gasteiger partial charge in [0.2, 0.25) is 0 Å². The van der Waals surface area contributed by atoms with E-state index in [2.05, 4.69) is 38.1 Å². The highest BCUT2D eigenvalue weighted by Gasteiger charge is 2.10. The smallest absolute Gasteiger partial charge is 0.161 e. The fourth-order valence-corrected chi connectivity index (χ4v) is 2.30. The van der Waals surface area contributed by atoms with Gasteiger partial charge in [0.25, 0.3) is 0 Å². The first-order chi connectivity index (χ1) is 9.52. The van der Waals surface area contributed by atoms with Gasteiger partial charge in [-0.25, -0.2) is 9.97 Å². The molecule has 0 radical (unpaired) electrons. The number of hydrogen-bond donors (Lipinski definition) is 1. The maximum Gasteiger partial charge on any atom is 0.161 e. The number of nitrogens with zero attached hydrogens (tertiary/aromatic N) is 2. The minimum atomic E-state index is 0.682. The van der Waals surface area contributed by atoms with Crippen LogP contribution in [0.4, 0.5) is 5.82 Å². The third-order valence-corrected chi connectivity index (χ3v) is 4.32. The molecule has 0 aliphatic rings. The molecular formula is C15H17BrClN3. The molecule has 1 aromatic heterocycles. The van der Waals surface area contributed by atoms with Crippen molar-refractivity contribution >= 4 is 33.3 Å². The molecule has 1 aromatic carbocycles. The van der Waals surface area contributed by atoms with Crippen LogP contribution < -0.4 is 5.32 Å². The van der Waals surface area contributed by atoms with Crippen LogP contribution >= 0.6 is 27.5 Å². The monoisotopic (exact) mass is 353 g/mol. The third-order valence-electron chi connectivity index (χ3n) is 3.11. The Kier molecular flexibility index (Phi) is 5.00. The number of rotatable bonds is 4. The van der Waals surface area contributed by atoms with Crippen LogP contribution in [0.1, 0.15) is 24.6 Å². The van der Waals surface area contributed by atoms with Crippen LogP contribution in [0, 0.1) is 13.8 Å². The van der Waals surface area contributed by atoms with E-state index in [0.717, 1.165) is 40.1 Å². The van der Waals surface area contributed by atoms with Gasteiger partial charge in [0.15, 0.2) is 5.82 Å². The number of anilines is 1. The minimum absolute atomic E-state index is 0.682. The van der Waals surface area contributed by atoms with E-state index in [-0.39, 0.29) is 0 Å². The van der Waals surface area contributed by atoms with Gasteiger partial charge in [-0.15, -0.1) is 0 Å². The van der Waals surface area contributed by atoms with E-state index in [1.807, 2.05) is 32.0 Å². The van der Waals surface area contributed by atoms with Gasteiger partial charge in [0.1, 0.15) is 5.82 Å². The molecule has 0 saturated heterocycles. The molecule has 0 amide bonds. The van der Waals surface area contributed by atoms with Gasteiger partial charge in [-0.05, 0) is 54.4 Å². The van der Waals surface area contributed by atoms with Crippen molar-refractivity contribution in [2.75, 3.05) is 11.9 Å². The van der Waals surface area contributed by atoms with Crippen molar-refractivity contribution in [1.82, 2.24) is 9.97 Å². The molecule has 0 unspecified atom stereocenters. The molecule has 3 nitrogen and oxygen atoms in total. The van der Waals surface area contributed by atoms with Crippen molar-refractivity contribution in [3.05, 3.63) is 39.0 Å². The Morgan fingerprint density at radius 2 is 2.00 bits per heavy atom. The minimum Gasteiger partial charge on any atom is -0.370 e. The van der Waals surface area contributed by atoms with Crippen molar-refractivity contribution in [3.8, 4) is 11.4 Å². The first-order valence-corrected chi connectivity index (χ1v) is 7.74. The van der Waals surface area contributed by atoms with E-state index in [4.69, 9.17) is 11.6 Å². The lowest BCUT2D eigenvalue weighted by Gasteiger charge is -2.12. The fourth-order valence-electron chi connectivity index (χ4n) is 1.81. The average Bonchev–Trinajstić information content (AvgIpc) is 2.43. The molecule has 1 N–H and O–H groups in total. The van der Waals surface area contributed by atoms with Gasteiger partial charge in [-0.3, -0.25) is 0 Å². The summed E-state index contributed by atoms with van der Waals surface area (Å²) in [6, 6.07) is 5.72. The molecule has 0 atom stereocenters. The van der Waals surface area contributed by atoms with E-state index in [1.54, 1.807) is 0 Å². The second-order valence-corrected chi connectivity index (χ2v) is 5.92. The van der Waals surface area contributed by atoms with Crippen LogP contribution in [0.15, 0.2) is 22.7 Å². The molecule has 2 rings (SSSR count). The summed E-state index contributed by atoms with van der Waals surface area (Å²) >= 11 is 9.46. The lowest BCUT2D eigenvalue weighted by molar-refractivity contribution is 0.954. The Balaban J connectivity index is 2.45. The van der Waals surface area contributed by atoms with E-state index in [0.29, 0.717) is 10.8 Å². The van der Waals surface area contributed by atoms with Crippen molar-refractivity contribution in [1.29, 1.82) is 0 Å². The maximum absolute atomic E-state index is 6.02. The summed E-state index contributed by atoms with van der Waals surface area (Å²) in [7, 11) is 0. The molecule has 0 spiro atoms. The first kappa shape index (κ1) is 15.3. The molecule has 0 bridgehead atoms. The van der Waals surface area contributed by atoms with Crippen molar-refractivity contribution in [2.24, 2.45) is 0 Å². The van der Waals surface area contributed by atoms with Crippen molar-refractivity contribution < 1.29 is 0 Å². The van der Waals surface area contributed by atoms with Gasteiger partial charge in [0, 0.05) is 27.8 Å². The number of nitrogens with one attached hydrogen (secondary N) is 1. The normalized spacial score (nSPS) is 10.7. The van der Waals surface area contributed by atoms with Gasteiger partial charge >= 0.3 is 0 Å². The number of benzene rings is 1. The largest absolute Gasteiger partial charge is 0.370 e. The molecule has 106 valence electrons. The predicted molar refractivity (Wildman–Crippen MR) is 88.4 cm³/mol. The van der Waals surface area contributed by atoms with E-state index < -0.39 is 0 Å². The van der Waals surface area contributed by atoms with E-state index >= 15 is 0 Å². The number of aromatic nitrogens is 2. The van der Waals surface area contributed by atoms with Crippen LogP contribution in [0.3, 0.4) is 0 Å². The molecule has 0 saturated carbocycles. The summed E-state index contributed by atoms with van der Waals surface area (Å²) in [6.45, 7) is 7.08. The Labute approximate surface area is 132 Å². The highest BCUT2D eigenvalue weighted by molar-refractivity contribution is 9.10. The molecule has 0 fully saturated rings. The average molecular weight is 355 g/mol. The summed E-state index contributed by atoms with van der Waals surface area (Å²) in [5.41, 5.74) is 3.03. The van der Waals surface area contributed by atoms with Crippen LogP contribution in [-0.4, -0.2) is 16.5 Å². The number of hydrogen-bond acceptors (Lipinski definition) is 3. The lowest BCUT2D eigenvalue weighted by atomic mass is 10.2. The molecule has 1 heterocycles. The van der Waals surface area contributed by atoms with Crippen LogP contribution in [0.2, 0.25) is 5.02 Å². The maximum atomic E-state index is 6.02. The Morgan fingerprint density at radius 3 is 2.65 bits per heavy atom. The lowest BCUT2D eigenvalue weighted by Crippen LogP contribution is -2.07. The zero-order valence-electron chi connectivity index (χ0n) is 11.8. The quantitative estimate of drug-likeness (QED) is 0.839. The topological polar surface area (TPSA) is 37.8 Å². The van der Waals surface area contributed by atoms with Crippen LogP contribution in [-0.2, 0) is 0 Å². The summed E-state index contributed by atoms with van der Waals surface area (Å²) in [5, 5.41) is 4.03. The number of halogens is 2. The molecule has 20 heavy (non-hydrogen) atoms. The molecule has 5 heteroatoms. The number of aryl methyl sites for hydroxylation is 1. The molecule has 0 aliphatic heterocycles. The van der Waals surface area contributed by atoms with Gasteiger partial charge in [0.05, 0.1) is 5.02 Å². The van der Waals surface area contributed by atoms with Gasteiger partial charge < -0.3 is 5.32 Å². The highest BCUT2D eigenvalue weighted by Crippen LogP contribution is 2.28. The Hall–Kier alpha value is -1.13. The summed E-state index contributed by atoms with van der Waals surface area (Å²) in [6.07, 6.45) is 1.06. The van der Waals surface area contributed by atoms with Crippen LogP contribution in [0.25, 0.3) is 11.4 Å². The van der Waals surface area contributed by atoms with Crippen LogP contribution in [0.5, 0.6) is 0 Å². The predicted octanol–water partition coefficient (Wildman–Crippen LogP) is 5.00. The van der Waals surface area contributed by atoms with Crippen molar-refractivity contribution in [2.45, 2.75) is 27.2 Å². The van der Waals surface area contributed by atoms with Crippen molar-refractivity contribution in [3.63, 3.8) is 0 Å². The third kappa shape index (κ3) is 3.30. The zero-order chi connectivity index (χ0) is 14.7. The van der Waals surface area contributed by atoms with E-state index in [9.17, 15) is 0 Å². The summed E-state index contributed by atoms with van der Waals surface area (Å²) in [5.74, 6) is 1.62.